The molecule has 0 aromatic heterocycles. The summed E-state index contributed by atoms with van der Waals surface area (Å²) < 4.78 is 41.5. The van der Waals surface area contributed by atoms with E-state index in [1.54, 1.807) is 6.08 Å². The Balaban J connectivity index is 1.51. The lowest BCUT2D eigenvalue weighted by Gasteiger charge is -2.47. The van der Waals surface area contributed by atoms with E-state index in [9.17, 15) is 5.11 Å². The van der Waals surface area contributed by atoms with Gasteiger partial charge in [0.25, 0.3) is 8.32 Å². The van der Waals surface area contributed by atoms with Crippen molar-refractivity contribution in [3.63, 3.8) is 0 Å². The monoisotopic (exact) mass is 722 g/mol. The van der Waals surface area contributed by atoms with Gasteiger partial charge in [-0.25, -0.2) is 0 Å². The minimum Gasteiger partial charge on any atom is -0.404 e. The molecule has 0 saturated carbocycles. The molecule has 1 N–H and O–H groups in total. The highest BCUT2D eigenvalue weighted by molar-refractivity contribution is 6.99. The summed E-state index contributed by atoms with van der Waals surface area (Å²) in [4.78, 5) is 0. The van der Waals surface area contributed by atoms with Crippen molar-refractivity contribution in [1.29, 1.82) is 0 Å². The SMILES string of the molecule is C=CCCC1(O)O[C@@](CO[Si](c2ccccc2)(c2ccccc2)C(C)(C)C)([C@H]2COC(C)(C)O2)[C@H](OCc2ccccc2)[C@H]1OCc1ccccc1. The lowest BCUT2D eigenvalue weighted by Crippen LogP contribution is -2.69. The van der Waals surface area contributed by atoms with Crippen LogP contribution in [0.25, 0.3) is 0 Å². The van der Waals surface area contributed by atoms with Gasteiger partial charge in [0.2, 0.25) is 0 Å². The molecule has 0 amide bonds. The number of hydrogen-bond donors (Lipinski definition) is 1. The molecule has 4 aromatic carbocycles. The van der Waals surface area contributed by atoms with Gasteiger partial charge in [-0.3, -0.25) is 0 Å². The second-order valence-electron chi connectivity index (χ2n) is 15.4. The van der Waals surface area contributed by atoms with E-state index in [4.69, 9.17) is 28.1 Å². The Labute approximate surface area is 310 Å². The van der Waals surface area contributed by atoms with E-state index in [2.05, 4.69) is 75.9 Å². The predicted molar refractivity (Wildman–Crippen MR) is 207 cm³/mol. The second-order valence-corrected chi connectivity index (χ2v) is 19.7. The first kappa shape index (κ1) is 38.3. The molecule has 52 heavy (non-hydrogen) atoms. The van der Waals surface area contributed by atoms with Crippen molar-refractivity contribution in [1.82, 2.24) is 0 Å². The Morgan fingerprint density at radius 2 is 1.25 bits per heavy atom. The van der Waals surface area contributed by atoms with Crippen molar-refractivity contribution in [3.8, 4) is 0 Å². The first-order valence-electron chi connectivity index (χ1n) is 18.3. The van der Waals surface area contributed by atoms with E-state index in [0.29, 0.717) is 6.42 Å². The Morgan fingerprint density at radius 3 is 1.69 bits per heavy atom. The normalized spacial score (nSPS) is 26.0. The molecule has 0 bridgehead atoms. The molecular formula is C44H54O7Si. The van der Waals surface area contributed by atoms with Crippen LogP contribution in [0.5, 0.6) is 0 Å². The highest BCUT2D eigenvalue weighted by Gasteiger charge is 2.69. The third kappa shape index (κ3) is 7.91. The van der Waals surface area contributed by atoms with Gasteiger partial charge in [0.05, 0.1) is 26.4 Å². The van der Waals surface area contributed by atoms with Gasteiger partial charge in [0, 0.05) is 6.42 Å². The number of benzene rings is 4. The highest BCUT2D eigenvalue weighted by atomic mass is 28.4. The first-order valence-corrected chi connectivity index (χ1v) is 20.2. The van der Waals surface area contributed by atoms with Gasteiger partial charge in [0.15, 0.2) is 17.2 Å². The lowest BCUT2D eigenvalue weighted by atomic mass is 9.88. The van der Waals surface area contributed by atoms with Crippen LogP contribution in [0, 0.1) is 0 Å². The van der Waals surface area contributed by atoms with E-state index in [1.165, 1.54) is 0 Å². The van der Waals surface area contributed by atoms with Crippen LogP contribution >= 0.6 is 0 Å². The molecule has 2 aliphatic rings. The molecular weight excluding hydrogens is 669 g/mol. The van der Waals surface area contributed by atoms with Gasteiger partial charge in [0.1, 0.15) is 18.3 Å². The molecule has 0 aliphatic carbocycles. The number of hydrogen-bond acceptors (Lipinski definition) is 7. The number of ether oxygens (including phenoxy) is 5. The molecule has 4 aromatic rings. The minimum atomic E-state index is -3.10. The maximum absolute atomic E-state index is 12.8. The third-order valence-electron chi connectivity index (χ3n) is 10.3. The molecule has 276 valence electrons. The fourth-order valence-corrected chi connectivity index (χ4v) is 12.4. The first-order chi connectivity index (χ1) is 24.9. The zero-order valence-electron chi connectivity index (χ0n) is 31.2. The molecule has 2 fully saturated rings. The van der Waals surface area contributed by atoms with Crippen LogP contribution in [0.4, 0.5) is 0 Å². The maximum Gasteiger partial charge on any atom is 0.261 e. The molecule has 6 rings (SSSR count). The fraction of sp³-hybridized carbons (Fsp3) is 0.409. The van der Waals surface area contributed by atoms with E-state index >= 15 is 0 Å². The average molecular weight is 723 g/mol. The smallest absolute Gasteiger partial charge is 0.261 e. The standard InChI is InChI=1S/C44H54O7Si/c1-7-8-29-44(45)40(47-31-35-23-15-10-16-24-35)39(46-30-34-21-13-9-14-22-34)43(51-44,38-32-48-42(5,6)50-38)33-49-52(41(2,3)4,36-25-17-11-18-26-36)37-27-19-12-20-28-37/h7,9-28,38-40,45H,1,8,29-33H2,2-6H3/t38-,39-,40-,43+,44?/m1/s1. The predicted octanol–water partition coefficient (Wildman–Crippen LogP) is 7.31. The van der Waals surface area contributed by atoms with E-state index in [-0.39, 0.29) is 37.9 Å². The van der Waals surface area contributed by atoms with Crippen LogP contribution in [-0.2, 0) is 41.3 Å². The van der Waals surface area contributed by atoms with Crippen LogP contribution in [0.1, 0.15) is 58.6 Å². The molecule has 2 aliphatic heterocycles. The van der Waals surface area contributed by atoms with Gasteiger partial charge < -0.3 is 33.2 Å². The number of rotatable bonds is 15. The molecule has 0 radical (unpaired) electrons. The summed E-state index contributed by atoms with van der Waals surface area (Å²) in [6.07, 6.45) is 0.109. The van der Waals surface area contributed by atoms with E-state index in [1.807, 2.05) is 86.6 Å². The summed E-state index contributed by atoms with van der Waals surface area (Å²) in [5.74, 6) is -2.67. The zero-order valence-corrected chi connectivity index (χ0v) is 32.2. The maximum atomic E-state index is 12.8. The van der Waals surface area contributed by atoms with Crippen molar-refractivity contribution in [2.75, 3.05) is 13.2 Å². The van der Waals surface area contributed by atoms with Crippen molar-refractivity contribution < 1.29 is 33.2 Å². The van der Waals surface area contributed by atoms with Gasteiger partial charge in [-0.15, -0.1) is 6.58 Å². The molecule has 8 heteroatoms. The van der Waals surface area contributed by atoms with Crippen LogP contribution < -0.4 is 10.4 Å². The Hall–Kier alpha value is -3.44. The van der Waals surface area contributed by atoms with Gasteiger partial charge in [-0.1, -0.05) is 148 Å². The molecule has 2 saturated heterocycles. The summed E-state index contributed by atoms with van der Waals surface area (Å²) in [6, 6.07) is 41.0. The molecule has 2 heterocycles. The van der Waals surface area contributed by atoms with Crippen molar-refractivity contribution in [3.05, 3.63) is 145 Å². The Morgan fingerprint density at radius 1 is 0.769 bits per heavy atom. The van der Waals surface area contributed by atoms with Gasteiger partial charge >= 0.3 is 0 Å². The van der Waals surface area contributed by atoms with E-state index < -0.39 is 43.8 Å². The molecule has 5 atom stereocenters. The fourth-order valence-electron chi connectivity index (χ4n) is 7.77. The zero-order chi connectivity index (χ0) is 36.9. The summed E-state index contributed by atoms with van der Waals surface area (Å²) in [7, 11) is -3.10. The number of allylic oxidation sites excluding steroid dienone is 1. The summed E-state index contributed by atoms with van der Waals surface area (Å²) in [6.45, 7) is 15.3. The van der Waals surface area contributed by atoms with Crippen molar-refractivity contribution in [2.45, 2.75) is 101 Å². The molecule has 7 nitrogen and oxygen atoms in total. The Kier molecular flexibility index (Phi) is 11.7. The van der Waals surface area contributed by atoms with Crippen LogP contribution in [-0.4, -0.2) is 62.1 Å². The minimum absolute atomic E-state index is 0.0471. The topological polar surface area (TPSA) is 75.6 Å². The van der Waals surface area contributed by atoms with Crippen LogP contribution in [0.2, 0.25) is 5.04 Å². The summed E-state index contributed by atoms with van der Waals surface area (Å²) >= 11 is 0. The number of aliphatic hydroxyl groups is 1. The quantitative estimate of drug-likeness (QED) is 0.102. The summed E-state index contributed by atoms with van der Waals surface area (Å²) in [5, 5.41) is 14.7. The van der Waals surface area contributed by atoms with Gasteiger partial charge in [-0.05, 0) is 46.8 Å². The van der Waals surface area contributed by atoms with Crippen molar-refractivity contribution >= 4 is 18.7 Å². The van der Waals surface area contributed by atoms with Gasteiger partial charge in [-0.2, -0.15) is 0 Å². The molecule has 0 spiro atoms. The summed E-state index contributed by atoms with van der Waals surface area (Å²) in [5.41, 5.74) is 0.599. The third-order valence-corrected chi connectivity index (χ3v) is 15.3. The largest absolute Gasteiger partial charge is 0.404 e. The average Bonchev–Trinajstić information content (AvgIpc) is 3.64. The second kappa shape index (κ2) is 15.9. The van der Waals surface area contributed by atoms with Crippen LogP contribution in [0.15, 0.2) is 134 Å². The Bertz CT molecular complexity index is 1670. The lowest BCUT2D eigenvalue weighted by molar-refractivity contribution is -0.285. The van der Waals surface area contributed by atoms with Crippen molar-refractivity contribution in [2.24, 2.45) is 0 Å². The molecule has 1 unspecified atom stereocenters. The van der Waals surface area contributed by atoms with E-state index in [0.717, 1.165) is 21.5 Å². The van der Waals surface area contributed by atoms with Crippen LogP contribution in [0.3, 0.4) is 0 Å². The highest BCUT2D eigenvalue weighted by Crippen LogP contribution is 2.50.